The Bertz CT molecular complexity index is 674. The van der Waals surface area contributed by atoms with Crippen LogP contribution in [0.5, 0.6) is 0 Å². The fourth-order valence-corrected chi connectivity index (χ4v) is 2.62. The summed E-state index contributed by atoms with van der Waals surface area (Å²) in [5, 5.41) is 9.52. The Morgan fingerprint density at radius 1 is 1.29 bits per heavy atom. The average Bonchev–Trinajstić information content (AvgIpc) is 2.87. The van der Waals surface area contributed by atoms with E-state index in [4.69, 9.17) is 0 Å². The molecule has 1 atom stereocenters. The van der Waals surface area contributed by atoms with E-state index in [1.54, 1.807) is 0 Å². The van der Waals surface area contributed by atoms with Crippen LogP contribution in [0.2, 0.25) is 0 Å². The van der Waals surface area contributed by atoms with Crippen LogP contribution in [0.25, 0.3) is 0 Å². The van der Waals surface area contributed by atoms with Gasteiger partial charge in [-0.15, -0.1) is 0 Å². The Morgan fingerprint density at radius 3 is 2.42 bits per heavy atom. The molecule has 1 amide bonds. The van der Waals surface area contributed by atoms with Crippen molar-refractivity contribution in [2.75, 3.05) is 11.4 Å². The number of nitrogens with zero attached hydrogens (tertiary/aromatic N) is 1. The molecular weight excluding hydrogens is 337 g/mol. The third kappa shape index (κ3) is 3.00. The van der Waals surface area contributed by atoms with E-state index in [0.717, 1.165) is 18.2 Å². The number of hydrogen-bond donors (Lipinski definition) is 1. The van der Waals surface area contributed by atoms with E-state index in [0.29, 0.717) is 0 Å². The molecule has 2 rings (SSSR count). The lowest BCUT2D eigenvalue weighted by atomic mass is 9.91. The van der Waals surface area contributed by atoms with Crippen molar-refractivity contribution in [3.05, 3.63) is 29.3 Å². The van der Waals surface area contributed by atoms with E-state index in [1.807, 2.05) is 0 Å². The minimum atomic E-state index is -5.56. The summed E-state index contributed by atoms with van der Waals surface area (Å²) < 4.78 is 64.5. The van der Waals surface area contributed by atoms with Crippen molar-refractivity contribution in [2.45, 2.75) is 38.0 Å². The van der Waals surface area contributed by atoms with Crippen LogP contribution in [-0.4, -0.2) is 35.9 Å². The van der Waals surface area contributed by atoms with Gasteiger partial charge in [0.1, 0.15) is 5.78 Å². The number of carbonyl (C=O) groups is 2. The first kappa shape index (κ1) is 18.3. The Morgan fingerprint density at radius 2 is 1.92 bits per heavy atom. The molecule has 9 heteroatoms. The molecule has 1 aromatic carbocycles. The number of rotatable bonds is 4. The fourth-order valence-electron chi connectivity index (χ4n) is 2.62. The molecule has 0 saturated carbocycles. The normalized spacial score (nSPS) is 16.9. The molecule has 0 aliphatic carbocycles. The monoisotopic (exact) mass is 351 g/mol. The lowest BCUT2D eigenvalue weighted by molar-refractivity contribution is -0.305. The minimum absolute atomic E-state index is 0.129. The highest BCUT2D eigenvalue weighted by Crippen LogP contribution is 2.45. The molecule has 0 bridgehead atoms. The van der Waals surface area contributed by atoms with Gasteiger partial charge in [-0.2, -0.15) is 13.2 Å². The van der Waals surface area contributed by atoms with Gasteiger partial charge in [-0.3, -0.25) is 9.59 Å². The maximum atomic E-state index is 12.9. The van der Waals surface area contributed by atoms with Gasteiger partial charge in [0.2, 0.25) is 11.5 Å². The van der Waals surface area contributed by atoms with Gasteiger partial charge in [0.15, 0.2) is 0 Å². The quantitative estimate of drug-likeness (QED) is 0.670. The van der Waals surface area contributed by atoms with E-state index in [-0.39, 0.29) is 36.4 Å². The number of aliphatic hydroxyl groups is 1. The minimum Gasteiger partial charge on any atom is -0.372 e. The summed E-state index contributed by atoms with van der Waals surface area (Å²) in [5.41, 5.74) is -4.78. The molecule has 24 heavy (non-hydrogen) atoms. The third-order valence-electron chi connectivity index (χ3n) is 3.86. The number of amides is 1. The van der Waals surface area contributed by atoms with Crippen molar-refractivity contribution < 1.29 is 36.6 Å². The van der Waals surface area contributed by atoms with E-state index in [2.05, 4.69) is 0 Å². The van der Waals surface area contributed by atoms with Crippen LogP contribution in [0.1, 0.15) is 24.5 Å². The van der Waals surface area contributed by atoms with Crippen molar-refractivity contribution >= 4 is 17.4 Å². The van der Waals surface area contributed by atoms with E-state index < -0.39 is 29.7 Å². The predicted octanol–water partition coefficient (Wildman–Crippen LogP) is 2.57. The molecule has 1 unspecified atom stereocenters. The molecule has 0 saturated heterocycles. The van der Waals surface area contributed by atoms with Crippen molar-refractivity contribution in [1.82, 2.24) is 0 Å². The van der Waals surface area contributed by atoms with Gasteiger partial charge in [0.05, 0.1) is 6.42 Å². The SMILES string of the molecule is CC(=O)CC(=O)N1CCc2cc(C(O)(C(F)F)C(F)(F)F)ccc21. The second-order valence-corrected chi connectivity index (χ2v) is 5.58. The highest BCUT2D eigenvalue weighted by atomic mass is 19.4. The number of alkyl halides is 5. The molecule has 4 nitrogen and oxygen atoms in total. The van der Waals surface area contributed by atoms with Crippen LogP contribution in [0, 0.1) is 0 Å². The molecule has 0 aromatic heterocycles. The second-order valence-electron chi connectivity index (χ2n) is 5.58. The largest absolute Gasteiger partial charge is 0.427 e. The van der Waals surface area contributed by atoms with Gasteiger partial charge in [-0.25, -0.2) is 8.78 Å². The summed E-state index contributed by atoms with van der Waals surface area (Å²) >= 11 is 0. The molecule has 1 aliphatic rings. The van der Waals surface area contributed by atoms with E-state index in [9.17, 15) is 36.6 Å². The molecule has 0 fully saturated rings. The number of Topliss-reactive ketones (excluding diaryl/α,β-unsaturated/α-hetero) is 1. The number of hydrogen-bond acceptors (Lipinski definition) is 3. The van der Waals surface area contributed by atoms with E-state index in [1.165, 1.54) is 11.8 Å². The molecule has 0 spiro atoms. The number of ketones is 1. The number of fused-ring (bicyclic) bond motifs is 1. The summed E-state index contributed by atoms with van der Waals surface area (Å²) in [6.07, 6.45) is -9.83. The summed E-state index contributed by atoms with van der Waals surface area (Å²) in [7, 11) is 0. The lowest BCUT2D eigenvalue weighted by Gasteiger charge is -2.30. The van der Waals surface area contributed by atoms with Crippen molar-refractivity contribution in [2.24, 2.45) is 0 Å². The predicted molar refractivity (Wildman–Crippen MR) is 73.8 cm³/mol. The highest BCUT2D eigenvalue weighted by molar-refractivity contribution is 6.05. The zero-order valence-corrected chi connectivity index (χ0v) is 12.5. The summed E-state index contributed by atoms with van der Waals surface area (Å²) in [6, 6.07) is 2.63. The number of benzene rings is 1. The Kier molecular flexibility index (Phi) is 4.67. The summed E-state index contributed by atoms with van der Waals surface area (Å²) in [4.78, 5) is 24.1. The maximum Gasteiger partial charge on any atom is 0.427 e. The smallest absolute Gasteiger partial charge is 0.372 e. The molecular formula is C15H14F5NO3. The number of carbonyl (C=O) groups excluding carboxylic acids is 2. The third-order valence-corrected chi connectivity index (χ3v) is 3.86. The van der Waals surface area contributed by atoms with Crippen LogP contribution in [0.3, 0.4) is 0 Å². The van der Waals surface area contributed by atoms with Crippen LogP contribution in [0.4, 0.5) is 27.6 Å². The average molecular weight is 351 g/mol. The van der Waals surface area contributed by atoms with Gasteiger partial charge in [0.25, 0.3) is 6.43 Å². The van der Waals surface area contributed by atoms with Crippen molar-refractivity contribution in [3.8, 4) is 0 Å². The molecule has 1 heterocycles. The van der Waals surface area contributed by atoms with Crippen LogP contribution in [-0.2, 0) is 21.6 Å². The van der Waals surface area contributed by atoms with Gasteiger partial charge in [0, 0.05) is 12.2 Å². The number of anilines is 1. The Hall–Kier alpha value is -2.03. The maximum absolute atomic E-state index is 12.9. The van der Waals surface area contributed by atoms with Crippen LogP contribution >= 0.6 is 0 Å². The zero-order valence-electron chi connectivity index (χ0n) is 12.5. The first-order chi connectivity index (χ1) is 11.0. The molecule has 0 radical (unpaired) electrons. The van der Waals surface area contributed by atoms with Gasteiger partial charge in [-0.1, -0.05) is 12.1 Å². The van der Waals surface area contributed by atoms with Gasteiger partial charge < -0.3 is 10.0 Å². The molecule has 1 aromatic rings. The van der Waals surface area contributed by atoms with Crippen LogP contribution < -0.4 is 4.90 Å². The Balaban J connectivity index is 2.40. The first-order valence-corrected chi connectivity index (χ1v) is 6.99. The second kappa shape index (κ2) is 6.12. The Labute approximate surface area is 133 Å². The zero-order chi connectivity index (χ0) is 18.3. The fraction of sp³-hybridized carbons (Fsp3) is 0.467. The lowest BCUT2D eigenvalue weighted by Crippen LogP contribution is -2.48. The van der Waals surface area contributed by atoms with Crippen molar-refractivity contribution in [1.29, 1.82) is 0 Å². The van der Waals surface area contributed by atoms with Crippen molar-refractivity contribution in [3.63, 3.8) is 0 Å². The summed E-state index contributed by atoms with van der Waals surface area (Å²) in [5.74, 6) is -0.886. The number of halogens is 5. The first-order valence-electron chi connectivity index (χ1n) is 6.99. The molecule has 1 N–H and O–H groups in total. The molecule has 132 valence electrons. The van der Waals surface area contributed by atoms with Gasteiger partial charge >= 0.3 is 6.18 Å². The topological polar surface area (TPSA) is 57.6 Å². The highest BCUT2D eigenvalue weighted by Gasteiger charge is 2.61. The van der Waals surface area contributed by atoms with E-state index >= 15 is 0 Å². The van der Waals surface area contributed by atoms with Gasteiger partial charge in [-0.05, 0) is 30.5 Å². The van der Waals surface area contributed by atoms with Crippen LogP contribution in [0.15, 0.2) is 18.2 Å². The standard InChI is InChI=1S/C15H14F5NO3/c1-8(22)6-12(23)21-5-4-9-7-10(2-3-11(9)21)14(24,13(16)17)15(18,19)20/h2-3,7,13,24H,4-6H2,1H3. The summed E-state index contributed by atoms with van der Waals surface area (Å²) in [6.45, 7) is 1.36. The molecule has 1 aliphatic heterocycles.